The molecule has 7 nitrogen and oxygen atoms in total. The summed E-state index contributed by atoms with van der Waals surface area (Å²) < 4.78 is 31.6. The number of hydrogen-bond donors (Lipinski definition) is 1. The average molecular weight is 460 g/mol. The quantitative estimate of drug-likeness (QED) is 0.718. The molecular formula is C23H26FN3O4S. The fraction of sp³-hybridized carbons (Fsp3) is 0.391. The molecule has 2 heterocycles. The molecule has 2 fully saturated rings. The maximum absolute atomic E-state index is 14.9. The van der Waals surface area contributed by atoms with Gasteiger partial charge in [0.1, 0.15) is 11.9 Å². The first-order chi connectivity index (χ1) is 15.4. The van der Waals surface area contributed by atoms with Crippen molar-refractivity contribution in [1.29, 1.82) is 0 Å². The van der Waals surface area contributed by atoms with Crippen LogP contribution in [0.15, 0.2) is 42.5 Å². The second kappa shape index (κ2) is 9.79. The molecule has 32 heavy (non-hydrogen) atoms. The van der Waals surface area contributed by atoms with Crippen molar-refractivity contribution in [3.8, 4) is 11.1 Å². The number of carbonyl (C=O) groups is 2. The zero-order valence-corrected chi connectivity index (χ0v) is 18.7. The van der Waals surface area contributed by atoms with Crippen LogP contribution in [0.4, 0.5) is 14.9 Å². The van der Waals surface area contributed by atoms with Gasteiger partial charge in [-0.3, -0.25) is 18.8 Å². The van der Waals surface area contributed by atoms with Crippen LogP contribution in [0.25, 0.3) is 11.1 Å². The molecule has 4 rings (SSSR count). The molecule has 0 spiro atoms. The van der Waals surface area contributed by atoms with Gasteiger partial charge in [-0.15, -0.1) is 0 Å². The number of carbonyl (C=O) groups excluding carboxylic acids is 2. The van der Waals surface area contributed by atoms with Crippen LogP contribution in [0.3, 0.4) is 0 Å². The second-order valence-electron chi connectivity index (χ2n) is 8.04. The van der Waals surface area contributed by atoms with Crippen molar-refractivity contribution in [3.63, 3.8) is 0 Å². The Morgan fingerprint density at radius 3 is 2.56 bits per heavy atom. The van der Waals surface area contributed by atoms with Crippen LogP contribution < -0.4 is 10.2 Å². The van der Waals surface area contributed by atoms with E-state index in [0.29, 0.717) is 22.8 Å². The number of nitrogens with zero attached hydrogens (tertiary/aromatic N) is 2. The molecule has 0 saturated carbocycles. The van der Waals surface area contributed by atoms with Gasteiger partial charge in [0.25, 0.3) is 0 Å². The van der Waals surface area contributed by atoms with Crippen molar-refractivity contribution in [2.24, 2.45) is 0 Å². The van der Waals surface area contributed by atoms with Crippen molar-refractivity contribution < 1.29 is 22.9 Å². The van der Waals surface area contributed by atoms with E-state index in [9.17, 15) is 18.2 Å². The van der Waals surface area contributed by atoms with Gasteiger partial charge in [0.15, 0.2) is 0 Å². The highest BCUT2D eigenvalue weighted by molar-refractivity contribution is 7.85. The molecule has 0 aromatic heterocycles. The molecule has 1 atom stereocenters. The Bertz CT molecular complexity index is 1020. The zero-order valence-electron chi connectivity index (χ0n) is 17.9. The van der Waals surface area contributed by atoms with Crippen LogP contribution in [0.2, 0.25) is 0 Å². The predicted molar refractivity (Wildman–Crippen MR) is 121 cm³/mol. The first kappa shape index (κ1) is 22.4. The highest BCUT2D eigenvalue weighted by Crippen LogP contribution is 2.29. The van der Waals surface area contributed by atoms with Crippen molar-refractivity contribution in [2.45, 2.75) is 19.6 Å². The monoisotopic (exact) mass is 459 g/mol. The fourth-order valence-electron chi connectivity index (χ4n) is 3.88. The molecule has 170 valence electrons. The number of halogens is 1. The summed E-state index contributed by atoms with van der Waals surface area (Å²) in [6.45, 7) is 4.31. The summed E-state index contributed by atoms with van der Waals surface area (Å²) >= 11 is 0. The Balaban J connectivity index is 1.41. The van der Waals surface area contributed by atoms with Gasteiger partial charge in [-0.1, -0.05) is 24.3 Å². The van der Waals surface area contributed by atoms with Crippen LogP contribution in [0.1, 0.15) is 12.5 Å². The second-order valence-corrected chi connectivity index (χ2v) is 9.73. The summed E-state index contributed by atoms with van der Waals surface area (Å²) in [6, 6.07) is 12.4. The lowest BCUT2D eigenvalue weighted by atomic mass is 10.0. The summed E-state index contributed by atoms with van der Waals surface area (Å²) in [4.78, 5) is 26.9. The number of hydrogen-bond acceptors (Lipinski definition) is 5. The number of cyclic esters (lactones) is 1. The van der Waals surface area contributed by atoms with E-state index in [-0.39, 0.29) is 19.0 Å². The van der Waals surface area contributed by atoms with Gasteiger partial charge in [-0.05, 0) is 29.3 Å². The van der Waals surface area contributed by atoms with Crippen LogP contribution in [0, 0.1) is 5.82 Å². The standard InChI is InChI=1S/C23H26FN3O4S/c1-16(28)25-13-20-15-27(23(29)31-20)19-6-7-21(22(24)12-19)18-4-2-17(3-5-18)14-26-8-10-32(30)11-9-26/h2-7,12,20H,8-11,13-15H2,1H3,(H,25,28). The molecule has 1 N–H and O–H groups in total. The van der Waals surface area contributed by atoms with Crippen molar-refractivity contribution >= 4 is 28.5 Å². The Morgan fingerprint density at radius 1 is 1.19 bits per heavy atom. The lowest BCUT2D eigenvalue weighted by Crippen LogP contribution is -2.37. The minimum atomic E-state index is -0.693. The summed E-state index contributed by atoms with van der Waals surface area (Å²) in [5, 5.41) is 2.62. The summed E-state index contributed by atoms with van der Waals surface area (Å²) in [5.41, 5.74) is 2.75. The van der Waals surface area contributed by atoms with E-state index in [2.05, 4.69) is 10.2 Å². The molecule has 0 bridgehead atoms. The normalized spacial score (nSPS) is 19.8. The molecule has 2 aromatic rings. The number of nitrogens with one attached hydrogen (secondary N) is 1. The maximum atomic E-state index is 14.9. The van der Waals surface area contributed by atoms with E-state index in [0.717, 1.165) is 30.8 Å². The fourth-order valence-corrected chi connectivity index (χ4v) is 5.01. The minimum absolute atomic E-state index is 0.201. The number of rotatable bonds is 6. The largest absolute Gasteiger partial charge is 0.442 e. The minimum Gasteiger partial charge on any atom is -0.442 e. The number of benzene rings is 2. The van der Waals surface area contributed by atoms with E-state index in [1.165, 1.54) is 17.9 Å². The van der Waals surface area contributed by atoms with Gasteiger partial charge in [0.05, 0.1) is 18.8 Å². The molecule has 2 saturated heterocycles. The summed E-state index contributed by atoms with van der Waals surface area (Å²) in [5.74, 6) is 0.808. The molecular weight excluding hydrogens is 433 g/mol. The average Bonchev–Trinajstić information content (AvgIpc) is 3.15. The zero-order chi connectivity index (χ0) is 22.7. The lowest BCUT2D eigenvalue weighted by Gasteiger charge is -2.26. The molecule has 1 unspecified atom stereocenters. The number of amides is 2. The summed E-state index contributed by atoms with van der Waals surface area (Å²) in [7, 11) is -0.693. The smallest absolute Gasteiger partial charge is 0.414 e. The van der Waals surface area contributed by atoms with Crippen LogP contribution in [-0.2, 0) is 26.9 Å². The first-order valence-electron chi connectivity index (χ1n) is 10.6. The van der Waals surface area contributed by atoms with Crippen LogP contribution in [-0.4, -0.2) is 64.9 Å². The maximum Gasteiger partial charge on any atom is 0.414 e. The van der Waals surface area contributed by atoms with E-state index in [1.54, 1.807) is 12.1 Å². The van der Waals surface area contributed by atoms with E-state index in [4.69, 9.17) is 4.74 Å². The van der Waals surface area contributed by atoms with Gasteiger partial charge in [0, 0.05) is 54.4 Å². The highest BCUT2D eigenvalue weighted by atomic mass is 32.2. The van der Waals surface area contributed by atoms with Gasteiger partial charge < -0.3 is 10.1 Å². The Morgan fingerprint density at radius 2 is 1.91 bits per heavy atom. The summed E-state index contributed by atoms with van der Waals surface area (Å²) in [6.07, 6.45) is -1.03. The van der Waals surface area contributed by atoms with Crippen molar-refractivity contribution in [1.82, 2.24) is 10.2 Å². The van der Waals surface area contributed by atoms with E-state index in [1.807, 2.05) is 24.3 Å². The molecule has 9 heteroatoms. The molecule has 2 aliphatic heterocycles. The molecule has 0 aliphatic carbocycles. The molecule has 2 aromatic carbocycles. The Kier molecular flexibility index (Phi) is 6.86. The highest BCUT2D eigenvalue weighted by Gasteiger charge is 2.32. The number of anilines is 1. The van der Waals surface area contributed by atoms with E-state index >= 15 is 0 Å². The van der Waals surface area contributed by atoms with Gasteiger partial charge in [-0.2, -0.15) is 0 Å². The first-order valence-corrected chi connectivity index (χ1v) is 12.1. The Hall–Kier alpha value is -2.78. The lowest BCUT2D eigenvalue weighted by molar-refractivity contribution is -0.119. The van der Waals surface area contributed by atoms with Gasteiger partial charge in [0.2, 0.25) is 5.91 Å². The Labute approximate surface area is 189 Å². The number of ether oxygens (including phenoxy) is 1. The molecule has 2 amide bonds. The third-order valence-electron chi connectivity index (χ3n) is 5.66. The van der Waals surface area contributed by atoms with Crippen LogP contribution >= 0.6 is 0 Å². The predicted octanol–water partition coefficient (Wildman–Crippen LogP) is 2.52. The third-order valence-corrected chi connectivity index (χ3v) is 6.93. The topological polar surface area (TPSA) is 79.0 Å². The SMILES string of the molecule is CC(=O)NCC1CN(c2ccc(-c3ccc(CN4CCS(=O)CC4)cc3)c(F)c2)C(=O)O1. The molecule has 0 radical (unpaired) electrons. The van der Waals surface area contributed by atoms with Gasteiger partial charge >= 0.3 is 6.09 Å². The van der Waals surface area contributed by atoms with Gasteiger partial charge in [-0.25, -0.2) is 9.18 Å². The third kappa shape index (κ3) is 5.34. The van der Waals surface area contributed by atoms with Crippen LogP contribution in [0.5, 0.6) is 0 Å². The molecule has 2 aliphatic rings. The van der Waals surface area contributed by atoms with E-state index < -0.39 is 28.8 Å². The van der Waals surface area contributed by atoms with Crippen molar-refractivity contribution in [2.75, 3.05) is 42.6 Å². The van der Waals surface area contributed by atoms with Crippen molar-refractivity contribution in [3.05, 3.63) is 53.8 Å².